The van der Waals surface area contributed by atoms with Crippen LogP contribution in [0.2, 0.25) is 0 Å². The minimum absolute atomic E-state index is 0.0463. The first-order valence-corrected chi connectivity index (χ1v) is 8.93. The van der Waals surface area contributed by atoms with Gasteiger partial charge in [-0.3, -0.25) is 14.4 Å². The fourth-order valence-corrected chi connectivity index (χ4v) is 3.21. The van der Waals surface area contributed by atoms with E-state index >= 15 is 0 Å². The number of aliphatic carboxylic acids is 1. The van der Waals surface area contributed by atoms with Crippen molar-refractivity contribution in [3.63, 3.8) is 0 Å². The standard InChI is InChI=1S/C19H26N2O6/c1-3-27-15-7-5-14(6-8-15)17(23)20-11-16(22)21-10-4-9-19(12-21,13-26-2)18(24)25/h5-8H,3-4,9-13H2,1-2H3,(H,20,23)(H,24,25). The van der Waals surface area contributed by atoms with Crippen LogP contribution in [0.5, 0.6) is 5.75 Å². The van der Waals surface area contributed by atoms with Crippen LogP contribution < -0.4 is 10.1 Å². The van der Waals surface area contributed by atoms with Crippen molar-refractivity contribution >= 4 is 17.8 Å². The molecular formula is C19H26N2O6. The summed E-state index contributed by atoms with van der Waals surface area (Å²) in [6.45, 7) is 2.82. The third-order valence-electron chi connectivity index (χ3n) is 4.63. The lowest BCUT2D eigenvalue weighted by molar-refractivity contribution is -0.158. The molecule has 0 saturated carbocycles. The molecule has 1 unspecified atom stereocenters. The average molecular weight is 378 g/mol. The Kier molecular flexibility index (Phi) is 7.18. The predicted molar refractivity (Wildman–Crippen MR) is 97.7 cm³/mol. The summed E-state index contributed by atoms with van der Waals surface area (Å²) >= 11 is 0. The van der Waals surface area contributed by atoms with Crippen LogP contribution in [0.4, 0.5) is 0 Å². The lowest BCUT2D eigenvalue weighted by Crippen LogP contribution is -2.53. The van der Waals surface area contributed by atoms with Gasteiger partial charge in [0.25, 0.3) is 5.91 Å². The first-order valence-electron chi connectivity index (χ1n) is 8.93. The summed E-state index contributed by atoms with van der Waals surface area (Å²) in [5, 5.41) is 12.1. The lowest BCUT2D eigenvalue weighted by Gasteiger charge is -2.39. The van der Waals surface area contributed by atoms with Gasteiger partial charge in [-0.05, 0) is 44.0 Å². The number of carbonyl (C=O) groups is 3. The highest BCUT2D eigenvalue weighted by Crippen LogP contribution is 2.30. The maximum absolute atomic E-state index is 12.4. The van der Waals surface area contributed by atoms with Crippen LogP contribution in [0.25, 0.3) is 0 Å². The normalized spacial score (nSPS) is 19.4. The largest absolute Gasteiger partial charge is 0.494 e. The smallest absolute Gasteiger partial charge is 0.313 e. The summed E-state index contributed by atoms with van der Waals surface area (Å²) < 4.78 is 10.4. The van der Waals surface area contributed by atoms with Gasteiger partial charge in [-0.1, -0.05) is 0 Å². The van der Waals surface area contributed by atoms with E-state index in [-0.39, 0.29) is 31.5 Å². The molecule has 2 N–H and O–H groups in total. The van der Waals surface area contributed by atoms with Gasteiger partial charge >= 0.3 is 5.97 Å². The Hall–Kier alpha value is -2.61. The summed E-state index contributed by atoms with van der Waals surface area (Å²) in [5.74, 6) is -0.984. The van der Waals surface area contributed by atoms with Crippen LogP contribution in [-0.4, -0.2) is 67.7 Å². The van der Waals surface area contributed by atoms with E-state index in [9.17, 15) is 19.5 Å². The average Bonchev–Trinajstić information content (AvgIpc) is 2.67. The maximum atomic E-state index is 12.4. The van der Waals surface area contributed by atoms with Gasteiger partial charge < -0.3 is 24.8 Å². The number of hydrogen-bond acceptors (Lipinski definition) is 5. The molecule has 8 heteroatoms. The quantitative estimate of drug-likeness (QED) is 0.703. The van der Waals surface area contributed by atoms with E-state index in [1.165, 1.54) is 12.0 Å². The molecule has 1 heterocycles. The minimum Gasteiger partial charge on any atom is -0.494 e. The van der Waals surface area contributed by atoms with Crippen molar-refractivity contribution in [2.45, 2.75) is 19.8 Å². The molecule has 2 amide bonds. The predicted octanol–water partition coefficient (Wildman–Crippen LogP) is 1.15. The van der Waals surface area contributed by atoms with Gasteiger partial charge in [0, 0.05) is 25.8 Å². The van der Waals surface area contributed by atoms with Crippen LogP contribution >= 0.6 is 0 Å². The number of amides is 2. The second-order valence-corrected chi connectivity index (χ2v) is 6.58. The van der Waals surface area contributed by atoms with Crippen molar-refractivity contribution < 1.29 is 29.0 Å². The zero-order valence-electron chi connectivity index (χ0n) is 15.7. The summed E-state index contributed by atoms with van der Waals surface area (Å²) in [7, 11) is 1.45. The molecule has 8 nitrogen and oxygen atoms in total. The molecule has 1 saturated heterocycles. The van der Waals surface area contributed by atoms with Gasteiger partial charge in [-0.25, -0.2) is 0 Å². The van der Waals surface area contributed by atoms with E-state index < -0.39 is 11.4 Å². The molecule has 2 rings (SSSR count). The molecule has 0 aromatic heterocycles. The van der Waals surface area contributed by atoms with Crippen molar-refractivity contribution in [2.75, 3.05) is 40.0 Å². The number of ether oxygens (including phenoxy) is 2. The van der Waals surface area contributed by atoms with Crippen molar-refractivity contribution in [1.82, 2.24) is 10.2 Å². The Balaban J connectivity index is 1.92. The van der Waals surface area contributed by atoms with Gasteiger partial charge in [0.15, 0.2) is 0 Å². The number of methoxy groups -OCH3 is 1. The number of carbonyl (C=O) groups excluding carboxylic acids is 2. The highest BCUT2D eigenvalue weighted by molar-refractivity contribution is 5.96. The molecule has 0 radical (unpaired) electrons. The third kappa shape index (κ3) is 5.19. The number of nitrogens with zero attached hydrogens (tertiary/aromatic N) is 1. The summed E-state index contributed by atoms with van der Waals surface area (Å²) in [6, 6.07) is 6.63. The first kappa shape index (κ1) is 20.7. The Morgan fingerprint density at radius 1 is 1.26 bits per heavy atom. The molecule has 1 fully saturated rings. The Labute approximate surface area is 158 Å². The van der Waals surface area contributed by atoms with Crippen LogP contribution in [0.15, 0.2) is 24.3 Å². The second kappa shape index (κ2) is 9.36. The topological polar surface area (TPSA) is 105 Å². The van der Waals surface area contributed by atoms with E-state index in [0.717, 1.165) is 0 Å². The number of carboxylic acid groups (broad SMARTS) is 1. The molecule has 1 atom stereocenters. The van der Waals surface area contributed by atoms with E-state index in [1.54, 1.807) is 24.3 Å². The molecule has 0 bridgehead atoms. The number of hydrogen-bond donors (Lipinski definition) is 2. The zero-order valence-corrected chi connectivity index (χ0v) is 15.7. The summed E-state index contributed by atoms with van der Waals surface area (Å²) in [5.41, 5.74) is -0.675. The number of carboxylic acids is 1. The third-order valence-corrected chi connectivity index (χ3v) is 4.63. The Morgan fingerprint density at radius 2 is 1.96 bits per heavy atom. The highest BCUT2D eigenvalue weighted by atomic mass is 16.5. The number of rotatable bonds is 8. The van der Waals surface area contributed by atoms with Gasteiger partial charge in [-0.2, -0.15) is 0 Å². The number of piperidine rings is 1. The number of likely N-dealkylation sites (tertiary alicyclic amines) is 1. The van der Waals surface area contributed by atoms with E-state index in [4.69, 9.17) is 9.47 Å². The summed E-state index contributed by atoms with van der Waals surface area (Å²) in [6.07, 6.45) is 1.03. The molecule has 148 valence electrons. The molecule has 1 aromatic rings. The van der Waals surface area contributed by atoms with Gasteiger partial charge in [0.2, 0.25) is 5.91 Å². The molecule has 1 aliphatic heterocycles. The summed E-state index contributed by atoms with van der Waals surface area (Å²) in [4.78, 5) is 37.8. The molecule has 1 aromatic carbocycles. The van der Waals surface area contributed by atoms with Crippen molar-refractivity contribution in [3.8, 4) is 5.75 Å². The fraction of sp³-hybridized carbons (Fsp3) is 0.526. The molecule has 1 aliphatic rings. The fourth-order valence-electron chi connectivity index (χ4n) is 3.21. The second-order valence-electron chi connectivity index (χ2n) is 6.58. The van der Waals surface area contributed by atoms with Crippen LogP contribution in [-0.2, 0) is 14.3 Å². The number of benzene rings is 1. The lowest BCUT2D eigenvalue weighted by atomic mass is 9.80. The van der Waals surface area contributed by atoms with E-state index in [2.05, 4.69) is 5.32 Å². The maximum Gasteiger partial charge on any atom is 0.313 e. The van der Waals surface area contributed by atoms with Gasteiger partial charge in [0.05, 0.1) is 19.8 Å². The number of nitrogens with one attached hydrogen (secondary N) is 1. The van der Waals surface area contributed by atoms with Crippen molar-refractivity contribution in [3.05, 3.63) is 29.8 Å². The van der Waals surface area contributed by atoms with Crippen molar-refractivity contribution in [1.29, 1.82) is 0 Å². The van der Waals surface area contributed by atoms with Crippen molar-refractivity contribution in [2.24, 2.45) is 5.41 Å². The van der Waals surface area contributed by atoms with Crippen LogP contribution in [0.1, 0.15) is 30.1 Å². The molecule has 0 spiro atoms. The Morgan fingerprint density at radius 3 is 2.56 bits per heavy atom. The molecular weight excluding hydrogens is 352 g/mol. The van der Waals surface area contributed by atoms with Crippen LogP contribution in [0, 0.1) is 5.41 Å². The first-order chi connectivity index (χ1) is 12.9. The van der Waals surface area contributed by atoms with Crippen LogP contribution in [0.3, 0.4) is 0 Å². The molecule has 27 heavy (non-hydrogen) atoms. The highest BCUT2D eigenvalue weighted by Gasteiger charge is 2.43. The Bertz CT molecular complexity index is 671. The van der Waals surface area contributed by atoms with Gasteiger partial charge in [-0.15, -0.1) is 0 Å². The zero-order chi connectivity index (χ0) is 19.9. The SMILES string of the molecule is CCOc1ccc(C(=O)NCC(=O)N2CCCC(COC)(C(=O)O)C2)cc1. The van der Waals surface area contributed by atoms with E-state index in [1.807, 2.05) is 6.92 Å². The molecule has 0 aliphatic carbocycles. The minimum atomic E-state index is -1.10. The van der Waals surface area contributed by atoms with Gasteiger partial charge in [0.1, 0.15) is 11.2 Å². The monoisotopic (exact) mass is 378 g/mol. The van der Waals surface area contributed by atoms with E-state index in [0.29, 0.717) is 37.3 Å².